The van der Waals surface area contributed by atoms with Gasteiger partial charge in [-0.2, -0.15) is 15.0 Å². The van der Waals surface area contributed by atoms with E-state index in [4.69, 9.17) is 17.2 Å². The van der Waals surface area contributed by atoms with Crippen molar-refractivity contribution in [1.82, 2.24) is 15.0 Å². The van der Waals surface area contributed by atoms with Crippen LogP contribution in [0.25, 0.3) is 0 Å². The summed E-state index contributed by atoms with van der Waals surface area (Å²) in [6, 6.07) is 0. The van der Waals surface area contributed by atoms with Crippen molar-refractivity contribution in [2.24, 2.45) is 0 Å². The van der Waals surface area contributed by atoms with Gasteiger partial charge < -0.3 is 22.7 Å². The number of rotatable bonds is 0. The molecule has 0 atom stereocenters. The maximum absolute atomic E-state index is 5.14. The summed E-state index contributed by atoms with van der Waals surface area (Å²) in [5.74, 6) is 0.125. The maximum atomic E-state index is 5.14. The summed E-state index contributed by atoms with van der Waals surface area (Å²) >= 11 is 0. The van der Waals surface area contributed by atoms with Crippen LogP contribution in [0.1, 0.15) is 0 Å². The van der Waals surface area contributed by atoms with Gasteiger partial charge in [0.1, 0.15) is 0 Å². The van der Waals surface area contributed by atoms with Crippen LogP contribution in [0.4, 0.5) is 17.8 Å². The third-order valence-corrected chi connectivity index (χ3v) is 0.687. The van der Waals surface area contributed by atoms with E-state index in [0.29, 0.717) is 0 Å². The van der Waals surface area contributed by atoms with E-state index in [1.54, 1.807) is 0 Å². The van der Waals surface area contributed by atoms with Crippen LogP contribution in [0.5, 0.6) is 0 Å². The number of nitrogen functional groups attached to an aromatic ring is 3. The largest absolute Gasteiger partial charge is 0.412 e. The highest BCUT2D eigenvalue weighted by molar-refractivity contribution is 5.85. The molecular formula is C3H9ClN6O. The van der Waals surface area contributed by atoms with Crippen LogP contribution < -0.4 is 17.2 Å². The number of hydrogen-bond acceptors (Lipinski definition) is 6. The molecule has 8 heteroatoms. The summed E-state index contributed by atoms with van der Waals surface area (Å²) in [6.45, 7) is 0. The SMILES string of the molecule is Cl.Nc1nc(N)nc(N)n1.O. The first kappa shape index (κ1) is 12.3. The third kappa shape index (κ3) is 3.38. The fourth-order valence-electron chi connectivity index (χ4n) is 0.427. The molecule has 0 aliphatic carbocycles. The van der Waals surface area contributed by atoms with E-state index < -0.39 is 0 Å². The molecule has 0 bridgehead atoms. The summed E-state index contributed by atoms with van der Waals surface area (Å²) in [4.78, 5) is 10.5. The van der Waals surface area contributed by atoms with Gasteiger partial charge in [-0.3, -0.25) is 0 Å². The topological polar surface area (TPSA) is 148 Å². The first-order valence-corrected chi connectivity index (χ1v) is 2.21. The van der Waals surface area contributed by atoms with E-state index in [9.17, 15) is 0 Å². The van der Waals surface area contributed by atoms with E-state index in [1.807, 2.05) is 0 Å². The summed E-state index contributed by atoms with van der Waals surface area (Å²) in [5, 5.41) is 0. The number of hydrogen-bond donors (Lipinski definition) is 3. The van der Waals surface area contributed by atoms with Crippen molar-refractivity contribution < 1.29 is 5.48 Å². The zero-order valence-corrected chi connectivity index (χ0v) is 6.30. The summed E-state index contributed by atoms with van der Waals surface area (Å²) < 4.78 is 0. The van der Waals surface area contributed by atoms with Gasteiger partial charge in [0.25, 0.3) is 0 Å². The van der Waals surface area contributed by atoms with Gasteiger partial charge in [-0.15, -0.1) is 12.4 Å². The molecule has 1 aromatic rings. The van der Waals surface area contributed by atoms with Crippen molar-refractivity contribution in [3.63, 3.8) is 0 Å². The molecule has 64 valence electrons. The molecule has 0 unspecified atom stereocenters. The van der Waals surface area contributed by atoms with Crippen LogP contribution in [0.2, 0.25) is 0 Å². The average Bonchev–Trinajstić information content (AvgIpc) is 1.59. The molecule has 0 radical (unpaired) electrons. The number of nitrogens with zero attached hydrogens (tertiary/aromatic N) is 3. The Bertz CT molecular complexity index is 179. The molecule has 0 saturated carbocycles. The minimum atomic E-state index is 0. The number of anilines is 3. The third-order valence-electron chi connectivity index (χ3n) is 0.687. The first-order chi connectivity index (χ1) is 4.18. The van der Waals surface area contributed by atoms with Crippen molar-refractivity contribution in [1.29, 1.82) is 0 Å². The van der Waals surface area contributed by atoms with E-state index in [0.717, 1.165) is 0 Å². The molecule has 0 fully saturated rings. The Balaban J connectivity index is 0. The minimum Gasteiger partial charge on any atom is -0.412 e. The summed E-state index contributed by atoms with van der Waals surface area (Å²) in [7, 11) is 0. The molecule has 1 aromatic heterocycles. The Hall–Kier alpha value is -1.34. The van der Waals surface area contributed by atoms with Gasteiger partial charge in [0.05, 0.1) is 0 Å². The van der Waals surface area contributed by atoms with Crippen molar-refractivity contribution in [2.75, 3.05) is 17.2 Å². The number of aromatic nitrogens is 3. The fraction of sp³-hybridized carbons (Fsp3) is 0. The van der Waals surface area contributed by atoms with Crippen LogP contribution in [-0.2, 0) is 0 Å². The highest BCUT2D eigenvalue weighted by Gasteiger charge is 1.93. The lowest BCUT2D eigenvalue weighted by Crippen LogP contribution is -2.05. The van der Waals surface area contributed by atoms with Crippen molar-refractivity contribution in [3.05, 3.63) is 0 Å². The van der Waals surface area contributed by atoms with Crippen LogP contribution in [0.3, 0.4) is 0 Å². The smallest absolute Gasteiger partial charge is 0.226 e. The summed E-state index contributed by atoms with van der Waals surface area (Å²) in [6.07, 6.45) is 0. The normalized spacial score (nSPS) is 7.64. The molecule has 0 aliphatic rings. The predicted octanol–water partition coefficient (Wildman–Crippen LogP) is -1.78. The second kappa shape index (κ2) is 4.47. The molecular weight excluding hydrogens is 172 g/mol. The molecule has 8 N–H and O–H groups in total. The lowest BCUT2D eigenvalue weighted by molar-refractivity contribution is 0.824. The molecule has 0 spiro atoms. The van der Waals surface area contributed by atoms with Crippen LogP contribution in [0.15, 0.2) is 0 Å². The average molecular weight is 181 g/mol. The van der Waals surface area contributed by atoms with E-state index in [2.05, 4.69) is 15.0 Å². The molecule has 0 saturated heterocycles. The Kier molecular flexibility index (Phi) is 5.02. The summed E-state index contributed by atoms with van der Waals surface area (Å²) in [5.41, 5.74) is 15.4. The predicted molar refractivity (Wildman–Crippen MR) is 43.9 cm³/mol. The van der Waals surface area contributed by atoms with E-state index >= 15 is 0 Å². The standard InChI is InChI=1S/C3H6N6.ClH.H2O/c4-1-7-2(5)9-3(6)8-1;;/h(H6,4,5,6,7,8,9);1H;1H2. The van der Waals surface area contributed by atoms with Crippen LogP contribution in [0, 0.1) is 0 Å². The second-order valence-corrected chi connectivity index (χ2v) is 1.41. The van der Waals surface area contributed by atoms with Gasteiger partial charge in [0.2, 0.25) is 17.8 Å². The molecule has 0 aromatic carbocycles. The van der Waals surface area contributed by atoms with Gasteiger partial charge in [0, 0.05) is 0 Å². The monoisotopic (exact) mass is 180 g/mol. The molecule has 1 heterocycles. The lowest BCUT2D eigenvalue weighted by Gasteiger charge is -1.93. The Labute approximate surface area is 68.7 Å². The molecule has 7 nitrogen and oxygen atoms in total. The molecule has 11 heavy (non-hydrogen) atoms. The van der Waals surface area contributed by atoms with Crippen molar-refractivity contribution in [2.45, 2.75) is 0 Å². The van der Waals surface area contributed by atoms with Crippen molar-refractivity contribution in [3.8, 4) is 0 Å². The van der Waals surface area contributed by atoms with Gasteiger partial charge in [-0.1, -0.05) is 0 Å². The number of nitrogens with two attached hydrogens (primary N) is 3. The van der Waals surface area contributed by atoms with E-state index in [-0.39, 0.29) is 35.7 Å². The molecule has 0 amide bonds. The van der Waals surface area contributed by atoms with Crippen LogP contribution >= 0.6 is 12.4 Å². The Morgan fingerprint density at radius 2 is 0.909 bits per heavy atom. The first-order valence-electron chi connectivity index (χ1n) is 2.21. The van der Waals surface area contributed by atoms with Crippen molar-refractivity contribution >= 4 is 30.3 Å². The highest BCUT2D eigenvalue weighted by Crippen LogP contribution is 1.97. The van der Waals surface area contributed by atoms with Gasteiger partial charge >= 0.3 is 0 Å². The maximum Gasteiger partial charge on any atom is 0.226 e. The molecule has 0 aliphatic heterocycles. The van der Waals surface area contributed by atoms with Gasteiger partial charge in [-0.05, 0) is 0 Å². The zero-order valence-electron chi connectivity index (χ0n) is 5.48. The van der Waals surface area contributed by atoms with Gasteiger partial charge in [-0.25, -0.2) is 0 Å². The lowest BCUT2D eigenvalue weighted by atomic mass is 10.9. The Morgan fingerprint density at radius 3 is 1.09 bits per heavy atom. The quantitative estimate of drug-likeness (QED) is 0.430. The molecule has 1 rings (SSSR count). The highest BCUT2D eigenvalue weighted by atomic mass is 35.5. The number of halogens is 1. The fourth-order valence-corrected chi connectivity index (χ4v) is 0.427. The van der Waals surface area contributed by atoms with Crippen LogP contribution in [-0.4, -0.2) is 20.4 Å². The minimum absolute atomic E-state index is 0. The second-order valence-electron chi connectivity index (χ2n) is 1.41. The van der Waals surface area contributed by atoms with Gasteiger partial charge in [0.15, 0.2) is 0 Å². The zero-order chi connectivity index (χ0) is 6.85. The Morgan fingerprint density at radius 1 is 0.727 bits per heavy atom. The van der Waals surface area contributed by atoms with E-state index in [1.165, 1.54) is 0 Å².